The van der Waals surface area contributed by atoms with Gasteiger partial charge in [0.25, 0.3) is 0 Å². The molecule has 0 aliphatic rings. The summed E-state index contributed by atoms with van der Waals surface area (Å²) in [5.74, 6) is 1.58. The average Bonchev–Trinajstić information content (AvgIpc) is 3.14. The van der Waals surface area contributed by atoms with E-state index in [1.54, 1.807) is 0 Å². The number of nitrogens with two attached hydrogens (primary N) is 1. The van der Waals surface area contributed by atoms with Crippen molar-refractivity contribution in [2.45, 2.75) is 6.92 Å². The van der Waals surface area contributed by atoms with Crippen molar-refractivity contribution in [1.29, 1.82) is 5.26 Å². The largest absolute Gasteiger partial charge is 0.461 e. The van der Waals surface area contributed by atoms with Crippen LogP contribution >= 0.6 is 15.9 Å². The van der Waals surface area contributed by atoms with Crippen LogP contribution in [0.3, 0.4) is 0 Å². The van der Waals surface area contributed by atoms with Gasteiger partial charge in [-0.3, -0.25) is 0 Å². The van der Waals surface area contributed by atoms with Gasteiger partial charge in [-0.1, -0.05) is 52.3 Å². The van der Waals surface area contributed by atoms with Gasteiger partial charge in [0.2, 0.25) is 0 Å². The first-order chi connectivity index (χ1) is 13.5. The highest BCUT2D eigenvalue weighted by atomic mass is 79.9. The van der Waals surface area contributed by atoms with E-state index in [4.69, 9.17) is 10.2 Å². The summed E-state index contributed by atoms with van der Waals surface area (Å²) in [6, 6.07) is 23.9. The zero-order chi connectivity index (χ0) is 19.7. The summed E-state index contributed by atoms with van der Waals surface area (Å²) in [7, 11) is 0. The summed E-state index contributed by atoms with van der Waals surface area (Å²) < 4.78 is 6.75. The Morgan fingerprint density at radius 3 is 2.11 bits per heavy atom. The van der Waals surface area contributed by atoms with Crippen LogP contribution in [-0.4, -0.2) is 4.98 Å². The molecule has 0 amide bonds. The minimum atomic E-state index is 0.195. The van der Waals surface area contributed by atoms with E-state index in [9.17, 15) is 5.26 Å². The van der Waals surface area contributed by atoms with Gasteiger partial charge >= 0.3 is 0 Å². The predicted molar refractivity (Wildman–Crippen MR) is 114 cm³/mol. The Hall–Kier alpha value is -3.36. The maximum atomic E-state index is 9.50. The van der Waals surface area contributed by atoms with Gasteiger partial charge in [-0.2, -0.15) is 5.26 Å². The lowest BCUT2D eigenvalue weighted by molar-refractivity contribution is 0.548. The van der Waals surface area contributed by atoms with Crippen LogP contribution in [0.25, 0.3) is 33.7 Å². The summed E-state index contributed by atoms with van der Waals surface area (Å²) in [6.07, 6.45) is 0. The third kappa shape index (κ3) is 3.42. The molecule has 0 aliphatic heterocycles. The molecule has 0 fully saturated rings. The number of anilines is 1. The Bertz CT molecular complexity index is 1190. The van der Waals surface area contributed by atoms with E-state index >= 15 is 0 Å². The quantitative estimate of drug-likeness (QED) is 0.420. The molecular weight excluding hydrogens is 414 g/mol. The highest BCUT2D eigenvalue weighted by Gasteiger charge is 2.16. The molecule has 0 unspecified atom stereocenters. The van der Waals surface area contributed by atoms with E-state index < -0.39 is 0 Å². The Morgan fingerprint density at radius 1 is 0.929 bits per heavy atom. The summed E-state index contributed by atoms with van der Waals surface area (Å²) >= 11 is 3.46. The van der Waals surface area contributed by atoms with Gasteiger partial charge in [0.05, 0.1) is 5.69 Å². The van der Waals surface area contributed by atoms with Crippen molar-refractivity contribution in [3.05, 3.63) is 82.5 Å². The molecule has 0 spiro atoms. The second-order valence-electron chi connectivity index (χ2n) is 6.42. The Kier molecular flexibility index (Phi) is 4.72. The zero-order valence-corrected chi connectivity index (χ0v) is 16.7. The molecule has 0 saturated carbocycles. The van der Waals surface area contributed by atoms with Crippen LogP contribution in [0.15, 0.2) is 75.6 Å². The molecule has 2 heterocycles. The molecular formula is C23H16BrN3O. The lowest BCUT2D eigenvalue weighted by Crippen LogP contribution is -1.99. The molecule has 28 heavy (non-hydrogen) atoms. The topological polar surface area (TPSA) is 75.8 Å². The van der Waals surface area contributed by atoms with Crippen molar-refractivity contribution in [3.63, 3.8) is 0 Å². The second kappa shape index (κ2) is 7.34. The summed E-state index contributed by atoms with van der Waals surface area (Å²) in [4.78, 5) is 4.43. The molecule has 2 aromatic heterocycles. The van der Waals surface area contributed by atoms with Gasteiger partial charge in [0, 0.05) is 15.6 Å². The van der Waals surface area contributed by atoms with Gasteiger partial charge in [0.15, 0.2) is 0 Å². The first-order valence-corrected chi connectivity index (χ1v) is 9.48. The van der Waals surface area contributed by atoms with Crippen LogP contribution in [0.1, 0.15) is 11.3 Å². The number of pyridine rings is 1. The molecule has 0 aliphatic carbocycles. The number of hydrogen-bond acceptors (Lipinski definition) is 4. The molecule has 4 nitrogen and oxygen atoms in total. The predicted octanol–water partition coefficient (Wildman–Crippen LogP) is 6.20. The molecule has 2 N–H and O–H groups in total. The fourth-order valence-corrected chi connectivity index (χ4v) is 3.34. The number of rotatable bonds is 3. The van der Waals surface area contributed by atoms with Gasteiger partial charge in [-0.15, -0.1) is 0 Å². The van der Waals surface area contributed by atoms with Crippen molar-refractivity contribution < 1.29 is 4.42 Å². The number of hydrogen-bond donors (Lipinski definition) is 1. The maximum absolute atomic E-state index is 9.50. The third-order valence-corrected chi connectivity index (χ3v) is 5.05. The lowest BCUT2D eigenvalue weighted by Gasteiger charge is -2.09. The van der Waals surface area contributed by atoms with E-state index in [1.807, 2.05) is 61.5 Å². The molecule has 5 heteroatoms. The SMILES string of the molecule is Cc1ccc(-c2cc(-c3ccc(-c4ccc(Br)cc4)cc3)nc(N)c2C#N)o1. The summed E-state index contributed by atoms with van der Waals surface area (Å²) in [6.45, 7) is 1.86. The zero-order valence-electron chi connectivity index (χ0n) is 15.1. The van der Waals surface area contributed by atoms with Crippen molar-refractivity contribution in [1.82, 2.24) is 4.98 Å². The molecule has 0 radical (unpaired) electrons. The van der Waals surface area contributed by atoms with Crippen LogP contribution in [0.5, 0.6) is 0 Å². The van der Waals surface area contributed by atoms with E-state index in [1.165, 1.54) is 0 Å². The highest BCUT2D eigenvalue weighted by molar-refractivity contribution is 9.10. The second-order valence-corrected chi connectivity index (χ2v) is 7.34. The van der Waals surface area contributed by atoms with Crippen LogP contribution in [0.2, 0.25) is 0 Å². The monoisotopic (exact) mass is 429 g/mol. The number of aryl methyl sites for hydroxylation is 1. The number of nitriles is 1. The fraction of sp³-hybridized carbons (Fsp3) is 0.0435. The van der Waals surface area contributed by atoms with Gasteiger partial charge in [-0.25, -0.2) is 4.98 Å². The first-order valence-electron chi connectivity index (χ1n) is 8.69. The normalized spacial score (nSPS) is 10.6. The van der Waals surface area contributed by atoms with Crippen LogP contribution in [0, 0.1) is 18.3 Å². The lowest BCUT2D eigenvalue weighted by atomic mass is 10.00. The van der Waals surface area contributed by atoms with Crippen molar-refractivity contribution in [2.24, 2.45) is 0 Å². The van der Waals surface area contributed by atoms with Crippen LogP contribution in [-0.2, 0) is 0 Å². The number of nitrogen functional groups attached to an aromatic ring is 1. The Labute approximate surface area is 171 Å². The molecule has 136 valence electrons. The number of aromatic nitrogens is 1. The van der Waals surface area contributed by atoms with E-state index in [2.05, 4.69) is 39.1 Å². The molecule has 0 bridgehead atoms. The molecule has 0 saturated heterocycles. The third-order valence-electron chi connectivity index (χ3n) is 4.52. The van der Waals surface area contributed by atoms with Crippen LogP contribution < -0.4 is 5.73 Å². The standard InChI is InChI=1S/C23H16BrN3O/c1-14-2-11-22(28-14)19-12-21(27-23(26)20(19)13-25)17-5-3-15(4-6-17)16-7-9-18(24)10-8-16/h2-12H,1H3,(H2,26,27). The van der Waals surface area contributed by atoms with Crippen molar-refractivity contribution in [3.8, 4) is 39.8 Å². The minimum Gasteiger partial charge on any atom is -0.461 e. The van der Waals surface area contributed by atoms with Gasteiger partial charge in [0.1, 0.15) is 29.0 Å². The Morgan fingerprint density at radius 2 is 1.54 bits per heavy atom. The number of benzene rings is 2. The number of furan rings is 1. The van der Waals surface area contributed by atoms with E-state index in [-0.39, 0.29) is 5.82 Å². The highest BCUT2D eigenvalue weighted by Crippen LogP contribution is 2.33. The molecule has 4 aromatic rings. The first kappa shape index (κ1) is 18.0. The summed E-state index contributed by atoms with van der Waals surface area (Å²) in [5, 5.41) is 9.50. The van der Waals surface area contributed by atoms with Crippen LogP contribution in [0.4, 0.5) is 5.82 Å². The number of nitrogens with zero attached hydrogens (tertiary/aromatic N) is 2. The van der Waals surface area contributed by atoms with Crippen molar-refractivity contribution >= 4 is 21.7 Å². The van der Waals surface area contributed by atoms with E-state index in [0.717, 1.165) is 26.9 Å². The van der Waals surface area contributed by atoms with E-state index in [0.29, 0.717) is 22.6 Å². The molecule has 2 aromatic carbocycles. The average molecular weight is 430 g/mol. The van der Waals surface area contributed by atoms with Crippen molar-refractivity contribution in [2.75, 3.05) is 5.73 Å². The number of halogens is 1. The minimum absolute atomic E-state index is 0.195. The van der Waals surface area contributed by atoms with Gasteiger partial charge < -0.3 is 10.2 Å². The molecule has 4 rings (SSSR count). The maximum Gasteiger partial charge on any atom is 0.142 e. The smallest absolute Gasteiger partial charge is 0.142 e. The Balaban J connectivity index is 1.76. The molecule has 0 atom stereocenters. The van der Waals surface area contributed by atoms with Gasteiger partial charge in [-0.05, 0) is 48.4 Å². The fourth-order valence-electron chi connectivity index (χ4n) is 3.08. The summed E-state index contributed by atoms with van der Waals surface area (Å²) in [5.41, 5.74) is 10.9.